The van der Waals surface area contributed by atoms with Crippen molar-refractivity contribution in [2.75, 3.05) is 0 Å². The number of carbonyl (C=O) groups excluding carboxylic acids is 3. The van der Waals surface area contributed by atoms with Crippen molar-refractivity contribution >= 4 is 39.5 Å². The number of aromatic amines is 2. The Labute approximate surface area is 266 Å². The molecule has 7 rings (SSSR count). The van der Waals surface area contributed by atoms with Crippen LogP contribution in [0.15, 0.2) is 103 Å². The molecule has 0 fully saturated rings. The van der Waals surface area contributed by atoms with Crippen molar-refractivity contribution in [2.24, 2.45) is 5.92 Å². The van der Waals surface area contributed by atoms with Crippen molar-refractivity contribution in [3.63, 3.8) is 0 Å². The summed E-state index contributed by atoms with van der Waals surface area (Å²) in [7, 11) is 0. The topological polar surface area (TPSA) is 110 Å². The summed E-state index contributed by atoms with van der Waals surface area (Å²) in [5, 5.41) is 1.89. The van der Waals surface area contributed by atoms with Crippen molar-refractivity contribution in [3.8, 4) is 11.3 Å². The van der Waals surface area contributed by atoms with E-state index in [4.69, 9.17) is 0 Å². The van der Waals surface area contributed by atoms with Gasteiger partial charge < -0.3 is 14.9 Å². The number of nitrogens with one attached hydrogen (secondary N) is 4. The van der Waals surface area contributed by atoms with Crippen molar-refractivity contribution in [3.05, 3.63) is 131 Å². The molecule has 3 heterocycles. The first kappa shape index (κ1) is 29.1. The smallest absolute Gasteiger partial charge is 0.286 e. The van der Waals surface area contributed by atoms with E-state index in [-0.39, 0.29) is 11.8 Å². The van der Waals surface area contributed by atoms with Crippen LogP contribution in [0.25, 0.3) is 33.1 Å². The number of hydrogen-bond donors (Lipinski definition) is 4. The lowest BCUT2D eigenvalue weighted by molar-refractivity contribution is -0.127. The fourth-order valence-corrected chi connectivity index (χ4v) is 6.67. The Hall–Kier alpha value is -5.63. The molecule has 6 aromatic rings. The summed E-state index contributed by atoms with van der Waals surface area (Å²) in [6, 6.07) is 31.9. The Morgan fingerprint density at radius 3 is 2.37 bits per heavy atom. The lowest BCUT2D eigenvalue weighted by Crippen LogP contribution is -2.54. The van der Waals surface area contributed by atoms with Crippen LogP contribution in [0.2, 0.25) is 0 Å². The SMILES string of the molecule is Cc1ccc2[nH]c(C(=O)NNC(=O)C(CC(C)C)N3C(=O)c4ccccc4C3c3c(-c4ccccc4)[nH]c4ccccc34)cc2c1. The molecule has 0 spiro atoms. The quantitative estimate of drug-likeness (QED) is 0.146. The first-order chi connectivity index (χ1) is 22.3. The molecule has 8 nitrogen and oxygen atoms in total. The summed E-state index contributed by atoms with van der Waals surface area (Å²) >= 11 is 0. The zero-order chi connectivity index (χ0) is 31.9. The lowest BCUT2D eigenvalue weighted by Gasteiger charge is -2.34. The molecule has 4 aromatic carbocycles. The number of fused-ring (bicyclic) bond motifs is 3. The number of hydrogen-bond acceptors (Lipinski definition) is 3. The third-order valence-corrected chi connectivity index (χ3v) is 8.73. The van der Waals surface area contributed by atoms with Crippen LogP contribution in [0.5, 0.6) is 0 Å². The molecule has 1 aliphatic heterocycles. The number of carbonyl (C=O) groups is 3. The van der Waals surface area contributed by atoms with Gasteiger partial charge in [0.2, 0.25) is 0 Å². The Balaban J connectivity index is 1.28. The van der Waals surface area contributed by atoms with Gasteiger partial charge in [-0.3, -0.25) is 25.2 Å². The van der Waals surface area contributed by atoms with Gasteiger partial charge in [-0.25, -0.2) is 0 Å². The van der Waals surface area contributed by atoms with E-state index in [1.54, 1.807) is 11.0 Å². The molecule has 4 N–H and O–H groups in total. The number of para-hydroxylation sites is 1. The van der Waals surface area contributed by atoms with Crippen molar-refractivity contribution in [1.29, 1.82) is 0 Å². The van der Waals surface area contributed by atoms with Gasteiger partial charge in [0.15, 0.2) is 0 Å². The maximum Gasteiger partial charge on any atom is 0.286 e. The maximum atomic E-state index is 14.3. The van der Waals surface area contributed by atoms with Crippen molar-refractivity contribution in [2.45, 2.75) is 39.3 Å². The standard InChI is InChI=1S/C38H35N5O3/c1-22(2)19-32(37(45)42-41-36(44)31-21-25-20-23(3)17-18-29(25)39-31)43-35(26-13-7-8-14-27(26)38(43)46)33-28-15-9-10-16-30(28)40-34(33)24-11-5-4-6-12-24/h4-18,20-22,32,35,39-40H,19H2,1-3H3,(H,41,44)(H,42,45). The Bertz CT molecular complexity index is 2110. The summed E-state index contributed by atoms with van der Waals surface area (Å²) in [5.74, 6) is -1.07. The number of H-pyrrole nitrogens is 2. The molecule has 2 unspecified atom stereocenters. The maximum absolute atomic E-state index is 14.3. The lowest BCUT2D eigenvalue weighted by atomic mass is 9.91. The number of aryl methyl sites for hydroxylation is 1. The monoisotopic (exact) mass is 609 g/mol. The fraction of sp³-hybridized carbons (Fsp3) is 0.184. The number of amides is 3. The van der Waals surface area contributed by atoms with Gasteiger partial charge in [-0.1, -0.05) is 92.2 Å². The molecule has 0 aliphatic carbocycles. The van der Waals surface area contributed by atoms with Crippen LogP contribution < -0.4 is 10.9 Å². The van der Waals surface area contributed by atoms with Crippen LogP contribution in [0.1, 0.15) is 63.8 Å². The minimum atomic E-state index is -0.868. The van der Waals surface area contributed by atoms with Gasteiger partial charge in [-0.2, -0.15) is 0 Å². The average molecular weight is 610 g/mol. The van der Waals surface area contributed by atoms with Gasteiger partial charge in [0.05, 0.1) is 11.7 Å². The second-order valence-electron chi connectivity index (χ2n) is 12.4. The minimum absolute atomic E-state index is 0.0807. The zero-order valence-corrected chi connectivity index (χ0v) is 25.9. The number of nitrogens with zero attached hydrogens (tertiary/aromatic N) is 1. The van der Waals surface area contributed by atoms with Gasteiger partial charge in [0.25, 0.3) is 17.7 Å². The number of aromatic nitrogens is 2. The van der Waals surface area contributed by atoms with Crippen LogP contribution >= 0.6 is 0 Å². The summed E-state index contributed by atoms with van der Waals surface area (Å²) < 4.78 is 0. The molecule has 0 saturated carbocycles. The molecule has 2 atom stereocenters. The molecular weight excluding hydrogens is 574 g/mol. The first-order valence-corrected chi connectivity index (χ1v) is 15.6. The van der Waals surface area contributed by atoms with Gasteiger partial charge in [0, 0.05) is 32.9 Å². The molecule has 1 aliphatic rings. The molecule has 0 bridgehead atoms. The minimum Gasteiger partial charge on any atom is -0.354 e. The fourth-order valence-electron chi connectivity index (χ4n) is 6.67. The first-order valence-electron chi connectivity index (χ1n) is 15.6. The van der Waals surface area contributed by atoms with E-state index in [9.17, 15) is 14.4 Å². The molecule has 2 aromatic heterocycles. The molecule has 0 radical (unpaired) electrons. The van der Waals surface area contributed by atoms with Crippen LogP contribution in [-0.4, -0.2) is 38.6 Å². The normalized spacial score (nSPS) is 15.0. The van der Waals surface area contributed by atoms with E-state index in [1.807, 2.05) is 112 Å². The van der Waals surface area contributed by atoms with Crippen LogP contribution in [-0.2, 0) is 4.79 Å². The molecule has 230 valence electrons. The predicted octanol–water partition coefficient (Wildman–Crippen LogP) is 7.05. The van der Waals surface area contributed by atoms with E-state index >= 15 is 0 Å². The van der Waals surface area contributed by atoms with Crippen LogP contribution in [0, 0.1) is 12.8 Å². The molecular formula is C38H35N5O3. The molecule has 3 amide bonds. The Kier molecular flexibility index (Phi) is 7.41. The van der Waals surface area contributed by atoms with E-state index in [0.29, 0.717) is 17.7 Å². The van der Waals surface area contributed by atoms with E-state index in [0.717, 1.165) is 49.8 Å². The Morgan fingerprint density at radius 1 is 0.826 bits per heavy atom. The third kappa shape index (κ3) is 5.11. The highest BCUT2D eigenvalue weighted by Crippen LogP contribution is 2.46. The largest absolute Gasteiger partial charge is 0.354 e. The van der Waals surface area contributed by atoms with Crippen molar-refractivity contribution in [1.82, 2.24) is 25.7 Å². The van der Waals surface area contributed by atoms with Crippen LogP contribution in [0.4, 0.5) is 0 Å². The zero-order valence-electron chi connectivity index (χ0n) is 25.9. The summed E-state index contributed by atoms with van der Waals surface area (Å²) in [6.07, 6.45) is 0.395. The molecule has 0 saturated heterocycles. The van der Waals surface area contributed by atoms with Gasteiger partial charge >= 0.3 is 0 Å². The summed E-state index contributed by atoms with van der Waals surface area (Å²) in [4.78, 5) is 50.1. The number of rotatable bonds is 7. The van der Waals surface area contributed by atoms with Gasteiger partial charge in [-0.15, -0.1) is 0 Å². The second kappa shape index (κ2) is 11.7. The highest BCUT2D eigenvalue weighted by Gasteiger charge is 2.46. The molecule has 46 heavy (non-hydrogen) atoms. The van der Waals surface area contributed by atoms with Gasteiger partial charge in [-0.05, 0) is 60.7 Å². The highest BCUT2D eigenvalue weighted by molar-refractivity contribution is 6.05. The van der Waals surface area contributed by atoms with E-state index in [2.05, 4.69) is 26.9 Å². The predicted molar refractivity (Wildman–Crippen MR) is 180 cm³/mol. The summed E-state index contributed by atoms with van der Waals surface area (Å²) in [5.41, 5.74) is 12.6. The summed E-state index contributed by atoms with van der Waals surface area (Å²) in [6.45, 7) is 6.04. The van der Waals surface area contributed by atoms with Gasteiger partial charge in [0.1, 0.15) is 11.7 Å². The van der Waals surface area contributed by atoms with Crippen molar-refractivity contribution < 1.29 is 14.4 Å². The number of benzene rings is 4. The Morgan fingerprint density at radius 2 is 1.57 bits per heavy atom. The number of hydrazine groups is 1. The van der Waals surface area contributed by atoms with E-state index in [1.165, 1.54) is 0 Å². The molecule has 8 heteroatoms. The van der Waals surface area contributed by atoms with Crippen LogP contribution in [0.3, 0.4) is 0 Å². The average Bonchev–Trinajstić information content (AvgIpc) is 3.74. The van der Waals surface area contributed by atoms with E-state index < -0.39 is 23.9 Å². The highest BCUT2D eigenvalue weighted by atomic mass is 16.2. The third-order valence-electron chi connectivity index (χ3n) is 8.73. The second-order valence-corrected chi connectivity index (χ2v) is 12.4.